The summed E-state index contributed by atoms with van der Waals surface area (Å²) in [5.41, 5.74) is 3.20. The smallest absolute Gasteiger partial charge is 0.326 e. The molecule has 0 unspecified atom stereocenters. The van der Waals surface area contributed by atoms with Crippen molar-refractivity contribution in [1.29, 1.82) is 0 Å². The number of hydrogen-bond acceptors (Lipinski definition) is 5. The van der Waals surface area contributed by atoms with E-state index in [9.17, 15) is 14.4 Å². The molecular weight excluding hydrogens is 360 g/mol. The van der Waals surface area contributed by atoms with Crippen molar-refractivity contribution in [3.63, 3.8) is 0 Å². The van der Waals surface area contributed by atoms with Gasteiger partial charge in [-0.15, -0.1) is 0 Å². The molecule has 0 radical (unpaired) electrons. The summed E-state index contributed by atoms with van der Waals surface area (Å²) in [6, 6.07) is 12.6. The standard InChI is InChI=1S/C21H22N2O5/c1-14-7-8-16(15(2)11-14)22-19(24)13-28-21(26)12-23-17-5-3-4-6-18(17)27-10-9-20(23)25/h3-8,11H,9-10,12-13H2,1-2H3,(H,22,24). The van der Waals surface area contributed by atoms with Crippen LogP contribution in [-0.4, -0.2) is 37.5 Å². The van der Waals surface area contributed by atoms with E-state index in [0.29, 0.717) is 17.1 Å². The van der Waals surface area contributed by atoms with Gasteiger partial charge in [0.1, 0.15) is 12.3 Å². The second-order valence-corrected chi connectivity index (χ2v) is 6.57. The Labute approximate surface area is 163 Å². The lowest BCUT2D eigenvalue weighted by atomic mass is 10.1. The van der Waals surface area contributed by atoms with Crippen LogP contribution in [0.1, 0.15) is 17.5 Å². The number of anilines is 2. The Kier molecular flexibility index (Phi) is 5.93. The summed E-state index contributed by atoms with van der Waals surface area (Å²) in [7, 11) is 0. The van der Waals surface area contributed by atoms with Crippen LogP contribution in [-0.2, 0) is 19.1 Å². The number of carbonyl (C=O) groups is 3. The highest BCUT2D eigenvalue weighted by atomic mass is 16.5. The molecule has 1 aliphatic rings. The van der Waals surface area contributed by atoms with Crippen molar-refractivity contribution in [3.8, 4) is 5.75 Å². The van der Waals surface area contributed by atoms with Crippen LogP contribution in [0.15, 0.2) is 42.5 Å². The van der Waals surface area contributed by atoms with Crippen LogP contribution < -0.4 is 15.0 Å². The molecule has 1 heterocycles. The number of amides is 2. The van der Waals surface area contributed by atoms with Crippen LogP contribution >= 0.6 is 0 Å². The molecule has 0 aliphatic carbocycles. The highest BCUT2D eigenvalue weighted by molar-refractivity contribution is 6.00. The summed E-state index contributed by atoms with van der Waals surface area (Å²) >= 11 is 0. The largest absolute Gasteiger partial charge is 0.491 e. The first-order chi connectivity index (χ1) is 13.4. The first-order valence-electron chi connectivity index (χ1n) is 8.99. The minimum atomic E-state index is -0.666. The molecule has 2 amide bonds. The van der Waals surface area contributed by atoms with Gasteiger partial charge in [-0.25, -0.2) is 0 Å². The summed E-state index contributed by atoms with van der Waals surface area (Å²) in [6.07, 6.45) is 0.162. The lowest BCUT2D eigenvalue weighted by Gasteiger charge is -2.20. The predicted molar refractivity (Wildman–Crippen MR) is 104 cm³/mol. The van der Waals surface area contributed by atoms with Gasteiger partial charge in [-0.2, -0.15) is 0 Å². The van der Waals surface area contributed by atoms with Gasteiger partial charge in [0, 0.05) is 5.69 Å². The Bertz CT molecular complexity index is 909. The Morgan fingerprint density at radius 2 is 1.96 bits per heavy atom. The third kappa shape index (κ3) is 4.68. The van der Waals surface area contributed by atoms with E-state index in [1.165, 1.54) is 4.90 Å². The molecule has 146 valence electrons. The van der Waals surface area contributed by atoms with Crippen LogP contribution in [0.25, 0.3) is 0 Å². The van der Waals surface area contributed by atoms with Gasteiger partial charge in [0.15, 0.2) is 6.61 Å². The number of nitrogens with one attached hydrogen (secondary N) is 1. The van der Waals surface area contributed by atoms with Gasteiger partial charge in [0.2, 0.25) is 5.91 Å². The number of nitrogens with zero attached hydrogens (tertiary/aromatic N) is 1. The van der Waals surface area contributed by atoms with E-state index in [4.69, 9.17) is 9.47 Å². The molecule has 3 rings (SSSR count). The van der Waals surface area contributed by atoms with E-state index in [2.05, 4.69) is 5.32 Å². The quantitative estimate of drug-likeness (QED) is 0.804. The topological polar surface area (TPSA) is 84.9 Å². The molecule has 7 nitrogen and oxygen atoms in total. The van der Waals surface area contributed by atoms with Crippen molar-refractivity contribution in [2.45, 2.75) is 20.3 Å². The van der Waals surface area contributed by atoms with E-state index >= 15 is 0 Å². The zero-order chi connectivity index (χ0) is 20.1. The van der Waals surface area contributed by atoms with Crippen LogP contribution in [0.4, 0.5) is 11.4 Å². The fourth-order valence-electron chi connectivity index (χ4n) is 2.95. The molecule has 0 saturated carbocycles. The van der Waals surface area contributed by atoms with Gasteiger partial charge in [0.25, 0.3) is 5.91 Å². The highest BCUT2D eigenvalue weighted by Crippen LogP contribution is 2.30. The SMILES string of the molecule is Cc1ccc(NC(=O)COC(=O)CN2C(=O)CCOc3ccccc32)c(C)c1. The summed E-state index contributed by atoms with van der Waals surface area (Å²) in [6.45, 7) is 3.40. The van der Waals surface area contributed by atoms with Gasteiger partial charge in [-0.3, -0.25) is 19.3 Å². The maximum Gasteiger partial charge on any atom is 0.326 e. The second kappa shape index (κ2) is 8.56. The molecular formula is C21H22N2O5. The molecule has 2 aromatic carbocycles. The lowest BCUT2D eigenvalue weighted by Crippen LogP contribution is -2.37. The van der Waals surface area contributed by atoms with E-state index in [1.54, 1.807) is 30.3 Å². The summed E-state index contributed by atoms with van der Waals surface area (Å²) in [5, 5.41) is 2.71. The number of rotatable bonds is 5. The van der Waals surface area contributed by atoms with Gasteiger partial charge in [0.05, 0.1) is 18.7 Å². The second-order valence-electron chi connectivity index (χ2n) is 6.57. The molecule has 0 fully saturated rings. The average Bonchev–Trinajstić information content (AvgIpc) is 2.82. The van der Waals surface area contributed by atoms with Crippen LogP contribution in [0, 0.1) is 13.8 Å². The number of esters is 1. The first kappa shape index (κ1) is 19.4. The predicted octanol–water partition coefficient (Wildman–Crippen LogP) is 2.60. The highest BCUT2D eigenvalue weighted by Gasteiger charge is 2.25. The van der Waals surface area contributed by atoms with E-state index in [-0.39, 0.29) is 25.5 Å². The van der Waals surface area contributed by atoms with Gasteiger partial charge < -0.3 is 14.8 Å². The molecule has 7 heteroatoms. The monoisotopic (exact) mass is 382 g/mol. The maximum atomic E-state index is 12.3. The summed E-state index contributed by atoms with van der Waals surface area (Å²) < 4.78 is 10.6. The molecule has 0 aromatic heterocycles. The minimum Gasteiger partial charge on any atom is -0.491 e. The van der Waals surface area contributed by atoms with E-state index in [0.717, 1.165) is 11.1 Å². The number of ether oxygens (including phenoxy) is 2. The van der Waals surface area contributed by atoms with Crippen LogP contribution in [0.5, 0.6) is 5.75 Å². The molecule has 28 heavy (non-hydrogen) atoms. The number of aryl methyl sites for hydroxylation is 2. The van der Waals surface area contributed by atoms with Crippen molar-refractivity contribution in [2.75, 3.05) is 30.0 Å². The van der Waals surface area contributed by atoms with Crippen LogP contribution in [0.3, 0.4) is 0 Å². The number of hydrogen-bond donors (Lipinski definition) is 1. The van der Waals surface area contributed by atoms with E-state index in [1.807, 2.05) is 26.0 Å². The molecule has 1 N–H and O–H groups in total. The Morgan fingerprint density at radius 1 is 1.18 bits per heavy atom. The third-order valence-electron chi connectivity index (χ3n) is 4.34. The summed E-state index contributed by atoms with van der Waals surface area (Å²) in [4.78, 5) is 37.9. The number of para-hydroxylation sites is 2. The molecule has 0 saturated heterocycles. The Morgan fingerprint density at radius 3 is 2.75 bits per heavy atom. The van der Waals surface area contributed by atoms with Crippen molar-refractivity contribution in [2.24, 2.45) is 0 Å². The normalized spacial score (nSPS) is 13.2. The third-order valence-corrected chi connectivity index (χ3v) is 4.34. The Balaban J connectivity index is 1.58. The maximum absolute atomic E-state index is 12.3. The molecule has 0 atom stereocenters. The molecule has 2 aromatic rings. The average molecular weight is 382 g/mol. The first-order valence-corrected chi connectivity index (χ1v) is 8.99. The van der Waals surface area contributed by atoms with Crippen molar-refractivity contribution < 1.29 is 23.9 Å². The van der Waals surface area contributed by atoms with Crippen molar-refractivity contribution in [3.05, 3.63) is 53.6 Å². The molecule has 0 spiro atoms. The zero-order valence-corrected chi connectivity index (χ0v) is 15.9. The minimum absolute atomic E-state index is 0.162. The fraction of sp³-hybridized carbons (Fsp3) is 0.286. The zero-order valence-electron chi connectivity index (χ0n) is 15.9. The number of fused-ring (bicyclic) bond motifs is 1. The van der Waals surface area contributed by atoms with Gasteiger partial charge in [-0.05, 0) is 37.6 Å². The summed E-state index contributed by atoms with van der Waals surface area (Å²) in [5.74, 6) is -0.803. The Hall–Kier alpha value is -3.35. The van der Waals surface area contributed by atoms with Crippen molar-refractivity contribution >= 4 is 29.2 Å². The number of carbonyl (C=O) groups excluding carboxylic acids is 3. The van der Waals surface area contributed by atoms with Gasteiger partial charge >= 0.3 is 5.97 Å². The van der Waals surface area contributed by atoms with Crippen LogP contribution in [0.2, 0.25) is 0 Å². The van der Waals surface area contributed by atoms with Gasteiger partial charge in [-0.1, -0.05) is 29.8 Å². The van der Waals surface area contributed by atoms with E-state index < -0.39 is 18.5 Å². The number of benzene rings is 2. The van der Waals surface area contributed by atoms with Crippen molar-refractivity contribution in [1.82, 2.24) is 0 Å². The lowest BCUT2D eigenvalue weighted by molar-refractivity contribution is -0.146. The fourth-order valence-corrected chi connectivity index (χ4v) is 2.95. The molecule has 0 bridgehead atoms. The molecule has 1 aliphatic heterocycles.